The largest absolute Gasteiger partial charge is 0.496 e. The molecule has 1 aliphatic carbocycles. The maximum atomic E-state index is 13.8. The first-order valence-electron chi connectivity index (χ1n) is 6.16. The summed E-state index contributed by atoms with van der Waals surface area (Å²) >= 11 is 0. The van der Waals surface area contributed by atoms with Crippen molar-refractivity contribution in [2.24, 2.45) is 0 Å². The summed E-state index contributed by atoms with van der Waals surface area (Å²) in [5, 5.41) is 11.0. The van der Waals surface area contributed by atoms with Crippen LogP contribution in [0.25, 0.3) is 11.5 Å². The summed E-state index contributed by atoms with van der Waals surface area (Å²) < 4.78 is 24.4. The maximum absolute atomic E-state index is 13.8. The van der Waals surface area contributed by atoms with Crippen molar-refractivity contribution in [3.8, 4) is 17.2 Å². The van der Waals surface area contributed by atoms with Crippen LogP contribution in [0.15, 0.2) is 22.6 Å². The van der Waals surface area contributed by atoms with Gasteiger partial charge < -0.3 is 14.5 Å². The zero-order chi connectivity index (χ0) is 13.2. The topological polar surface area (TPSA) is 60.2 Å². The first-order chi connectivity index (χ1) is 9.28. The summed E-state index contributed by atoms with van der Waals surface area (Å²) in [5.41, 5.74) is 0.204. The number of nitrogens with one attached hydrogen (secondary N) is 1. The Bertz CT molecular complexity index is 581. The molecule has 0 radical (unpaired) electrons. The predicted octanol–water partition coefficient (Wildman–Crippen LogP) is 2.14. The van der Waals surface area contributed by atoms with Gasteiger partial charge in [-0.1, -0.05) is 6.07 Å². The number of aromatic nitrogens is 2. The molecule has 100 valence electrons. The van der Waals surface area contributed by atoms with Crippen molar-refractivity contribution in [1.29, 1.82) is 0 Å². The molecule has 1 N–H and O–H groups in total. The second-order valence-corrected chi connectivity index (χ2v) is 4.47. The van der Waals surface area contributed by atoms with Crippen LogP contribution in [-0.2, 0) is 6.54 Å². The highest BCUT2D eigenvalue weighted by molar-refractivity contribution is 5.63. The minimum Gasteiger partial charge on any atom is -0.496 e. The van der Waals surface area contributed by atoms with E-state index in [0.29, 0.717) is 24.2 Å². The lowest BCUT2D eigenvalue weighted by molar-refractivity contribution is 0.409. The Kier molecular flexibility index (Phi) is 3.16. The van der Waals surface area contributed by atoms with Crippen LogP contribution in [0.1, 0.15) is 18.7 Å². The molecule has 5 nitrogen and oxygen atoms in total. The highest BCUT2D eigenvalue weighted by Crippen LogP contribution is 2.31. The van der Waals surface area contributed by atoms with Crippen LogP contribution in [0, 0.1) is 5.82 Å². The van der Waals surface area contributed by atoms with E-state index in [9.17, 15) is 4.39 Å². The van der Waals surface area contributed by atoms with Gasteiger partial charge in [0.2, 0.25) is 5.89 Å². The number of rotatable bonds is 5. The Morgan fingerprint density at radius 2 is 2.26 bits per heavy atom. The van der Waals surface area contributed by atoms with E-state index in [4.69, 9.17) is 9.15 Å². The molecule has 0 bridgehead atoms. The number of methoxy groups -OCH3 is 1. The van der Waals surface area contributed by atoms with Gasteiger partial charge in [0.05, 0.1) is 13.7 Å². The zero-order valence-corrected chi connectivity index (χ0v) is 10.5. The number of halogens is 1. The third kappa shape index (κ3) is 2.58. The molecule has 0 amide bonds. The lowest BCUT2D eigenvalue weighted by atomic mass is 10.2. The second-order valence-electron chi connectivity index (χ2n) is 4.47. The summed E-state index contributed by atoms with van der Waals surface area (Å²) in [4.78, 5) is 0. The molecule has 0 aliphatic heterocycles. The third-order valence-corrected chi connectivity index (χ3v) is 3.00. The fourth-order valence-electron chi connectivity index (χ4n) is 1.83. The van der Waals surface area contributed by atoms with Gasteiger partial charge in [0.25, 0.3) is 5.89 Å². The van der Waals surface area contributed by atoms with Gasteiger partial charge in [-0.05, 0) is 25.0 Å². The van der Waals surface area contributed by atoms with Crippen molar-refractivity contribution in [3.63, 3.8) is 0 Å². The van der Waals surface area contributed by atoms with Crippen molar-refractivity contribution < 1.29 is 13.5 Å². The normalized spacial score (nSPS) is 14.6. The fraction of sp³-hybridized carbons (Fsp3) is 0.385. The summed E-state index contributed by atoms with van der Waals surface area (Å²) in [7, 11) is 1.48. The van der Waals surface area contributed by atoms with Crippen LogP contribution in [0.4, 0.5) is 4.39 Å². The lowest BCUT2D eigenvalue weighted by Crippen LogP contribution is -2.15. The first-order valence-corrected chi connectivity index (χ1v) is 6.16. The number of benzene rings is 1. The molecule has 2 aromatic rings. The van der Waals surface area contributed by atoms with Crippen LogP contribution in [0.5, 0.6) is 5.75 Å². The average molecular weight is 263 g/mol. The molecular formula is C13H14FN3O2. The van der Waals surface area contributed by atoms with Crippen LogP contribution >= 0.6 is 0 Å². The maximum Gasteiger partial charge on any atom is 0.254 e. The van der Waals surface area contributed by atoms with Crippen molar-refractivity contribution in [1.82, 2.24) is 15.5 Å². The van der Waals surface area contributed by atoms with Gasteiger partial charge >= 0.3 is 0 Å². The Morgan fingerprint density at radius 1 is 1.42 bits per heavy atom. The van der Waals surface area contributed by atoms with E-state index in [0.717, 1.165) is 0 Å². The Hall–Kier alpha value is -1.95. The third-order valence-electron chi connectivity index (χ3n) is 3.00. The summed E-state index contributed by atoms with van der Waals surface area (Å²) in [6, 6.07) is 5.12. The molecule has 0 spiro atoms. The van der Waals surface area contributed by atoms with Crippen LogP contribution < -0.4 is 10.1 Å². The fourth-order valence-corrected chi connectivity index (χ4v) is 1.83. The van der Waals surface area contributed by atoms with E-state index in [1.807, 2.05) is 0 Å². The molecule has 3 rings (SSSR count). The van der Waals surface area contributed by atoms with E-state index < -0.39 is 5.82 Å². The van der Waals surface area contributed by atoms with Gasteiger partial charge in [-0.15, -0.1) is 10.2 Å². The van der Waals surface area contributed by atoms with Gasteiger partial charge in [0.15, 0.2) is 0 Å². The first kappa shape index (κ1) is 12.1. The minimum absolute atomic E-state index is 0.141. The van der Waals surface area contributed by atoms with E-state index in [2.05, 4.69) is 15.5 Å². The highest BCUT2D eigenvalue weighted by Gasteiger charge is 2.22. The van der Waals surface area contributed by atoms with Crippen LogP contribution in [-0.4, -0.2) is 23.3 Å². The molecule has 0 atom stereocenters. The molecule has 6 heteroatoms. The second kappa shape index (κ2) is 4.97. The van der Waals surface area contributed by atoms with Crippen molar-refractivity contribution >= 4 is 0 Å². The predicted molar refractivity (Wildman–Crippen MR) is 66.1 cm³/mol. The van der Waals surface area contributed by atoms with Crippen molar-refractivity contribution in [2.75, 3.05) is 7.11 Å². The average Bonchev–Trinajstić information content (AvgIpc) is 3.14. The molecular weight excluding hydrogens is 249 g/mol. The number of hydrogen-bond donors (Lipinski definition) is 1. The lowest BCUT2D eigenvalue weighted by Gasteiger charge is -2.05. The van der Waals surface area contributed by atoms with Gasteiger partial charge in [0.1, 0.15) is 17.1 Å². The monoisotopic (exact) mass is 263 g/mol. The smallest absolute Gasteiger partial charge is 0.254 e. The molecule has 1 aliphatic rings. The zero-order valence-electron chi connectivity index (χ0n) is 10.5. The number of nitrogens with zero attached hydrogens (tertiary/aromatic N) is 2. The standard InChI is InChI=1S/C13H14FN3O2/c1-18-10-4-2-3-9(14)12(10)13-17-16-11(19-13)7-15-8-5-6-8/h2-4,8,15H,5-7H2,1H3. The molecule has 1 aromatic carbocycles. The molecule has 1 saturated carbocycles. The van der Waals surface area contributed by atoms with Gasteiger partial charge in [-0.2, -0.15) is 0 Å². The van der Waals surface area contributed by atoms with E-state index >= 15 is 0 Å². The van der Waals surface area contributed by atoms with Crippen molar-refractivity contribution in [2.45, 2.75) is 25.4 Å². The van der Waals surface area contributed by atoms with E-state index in [1.54, 1.807) is 12.1 Å². The highest BCUT2D eigenvalue weighted by atomic mass is 19.1. The summed E-state index contributed by atoms with van der Waals surface area (Å²) in [6.45, 7) is 0.508. The number of hydrogen-bond acceptors (Lipinski definition) is 5. The number of ether oxygens (including phenoxy) is 1. The Morgan fingerprint density at radius 3 is 3.00 bits per heavy atom. The minimum atomic E-state index is -0.440. The van der Waals surface area contributed by atoms with Gasteiger partial charge in [-0.3, -0.25) is 0 Å². The quantitative estimate of drug-likeness (QED) is 0.895. The van der Waals surface area contributed by atoms with Crippen LogP contribution in [0.2, 0.25) is 0 Å². The van der Waals surface area contributed by atoms with E-state index in [-0.39, 0.29) is 11.5 Å². The molecule has 0 unspecified atom stereocenters. The van der Waals surface area contributed by atoms with Crippen molar-refractivity contribution in [3.05, 3.63) is 29.9 Å². The molecule has 1 heterocycles. The SMILES string of the molecule is COc1cccc(F)c1-c1nnc(CNC2CC2)o1. The van der Waals surface area contributed by atoms with Gasteiger partial charge in [-0.25, -0.2) is 4.39 Å². The molecule has 0 saturated heterocycles. The van der Waals surface area contributed by atoms with Crippen LogP contribution in [0.3, 0.4) is 0 Å². The summed E-state index contributed by atoms with van der Waals surface area (Å²) in [5.74, 6) is 0.532. The van der Waals surface area contributed by atoms with E-state index in [1.165, 1.54) is 26.0 Å². The molecule has 1 fully saturated rings. The van der Waals surface area contributed by atoms with Gasteiger partial charge in [0, 0.05) is 6.04 Å². The Balaban J connectivity index is 1.84. The Labute approximate surface area is 109 Å². The molecule has 19 heavy (non-hydrogen) atoms. The molecule has 1 aromatic heterocycles. The summed E-state index contributed by atoms with van der Waals surface area (Å²) in [6.07, 6.45) is 2.37.